The number of nitrogen functional groups attached to an aromatic ring is 1. The molecule has 28 heavy (non-hydrogen) atoms. The van der Waals surface area contributed by atoms with Crippen molar-refractivity contribution in [2.45, 2.75) is 25.9 Å². The molecule has 0 radical (unpaired) electrons. The van der Waals surface area contributed by atoms with Gasteiger partial charge in [-0.3, -0.25) is 9.69 Å². The number of benzene rings is 1. The second kappa shape index (κ2) is 9.65. The number of halogens is 1. The highest BCUT2D eigenvalue weighted by Gasteiger charge is 2.30. The van der Waals surface area contributed by atoms with E-state index in [2.05, 4.69) is 17.1 Å². The van der Waals surface area contributed by atoms with Gasteiger partial charge in [-0.15, -0.1) is 0 Å². The Bertz CT molecular complexity index is 703. The fourth-order valence-electron chi connectivity index (χ4n) is 3.47. The number of β-amino-alcohol motifs (C(OH)–C–C–N with tert-alkyl or cyclic N) is 1. The Labute approximate surface area is 169 Å². The Hall–Kier alpha value is -1.74. The Balaban J connectivity index is 1.51. The maximum absolute atomic E-state index is 12.6. The first kappa shape index (κ1) is 21.0. The van der Waals surface area contributed by atoms with Crippen LogP contribution in [0.25, 0.3) is 0 Å². The summed E-state index contributed by atoms with van der Waals surface area (Å²) in [6.45, 7) is 6.14. The van der Waals surface area contributed by atoms with Gasteiger partial charge in [0, 0.05) is 32.2 Å². The number of likely N-dealkylation sites (tertiary alicyclic amines) is 1. The molecule has 156 valence electrons. The Morgan fingerprint density at radius 1 is 1.43 bits per heavy atom. The number of fused-ring (bicyclic) bond motifs is 1. The predicted molar refractivity (Wildman–Crippen MR) is 106 cm³/mol. The van der Waals surface area contributed by atoms with Gasteiger partial charge < -0.3 is 30.4 Å². The van der Waals surface area contributed by atoms with Crippen molar-refractivity contribution < 1.29 is 24.1 Å². The van der Waals surface area contributed by atoms with Gasteiger partial charge in [0.15, 0.2) is 11.5 Å². The maximum atomic E-state index is 12.6. The summed E-state index contributed by atoms with van der Waals surface area (Å²) in [6.07, 6.45) is 1.31. The number of hydrogen-bond donors (Lipinski definition) is 3. The zero-order valence-electron chi connectivity index (χ0n) is 16.1. The number of amides is 1. The Kier molecular flexibility index (Phi) is 7.23. The van der Waals surface area contributed by atoms with Crippen LogP contribution in [-0.4, -0.2) is 68.2 Å². The van der Waals surface area contributed by atoms with Gasteiger partial charge in [0.2, 0.25) is 6.79 Å². The summed E-state index contributed by atoms with van der Waals surface area (Å²) in [5.41, 5.74) is 6.41. The first-order chi connectivity index (χ1) is 13.5. The molecule has 0 aromatic heterocycles. The first-order valence-electron chi connectivity index (χ1n) is 9.65. The van der Waals surface area contributed by atoms with Gasteiger partial charge in [-0.25, -0.2) is 0 Å². The van der Waals surface area contributed by atoms with Crippen LogP contribution in [0.15, 0.2) is 6.07 Å². The van der Waals surface area contributed by atoms with Crippen LogP contribution in [0.2, 0.25) is 5.02 Å². The largest absolute Gasteiger partial charge is 0.453 e. The fourth-order valence-corrected chi connectivity index (χ4v) is 3.67. The van der Waals surface area contributed by atoms with Crippen molar-refractivity contribution in [2.75, 3.05) is 51.9 Å². The fraction of sp³-hybridized carbons (Fsp3) is 0.632. The van der Waals surface area contributed by atoms with Crippen LogP contribution >= 0.6 is 11.6 Å². The highest BCUT2D eigenvalue weighted by molar-refractivity contribution is 6.34. The number of rotatable bonds is 8. The molecule has 0 bridgehead atoms. The van der Waals surface area contributed by atoms with Gasteiger partial charge in [0.1, 0.15) is 0 Å². The van der Waals surface area contributed by atoms with E-state index in [4.69, 9.17) is 31.5 Å². The number of anilines is 1. The molecule has 1 saturated heterocycles. The molecule has 2 aliphatic heterocycles. The average molecular weight is 414 g/mol. The minimum Gasteiger partial charge on any atom is -0.453 e. The van der Waals surface area contributed by atoms with Crippen molar-refractivity contribution in [1.29, 1.82) is 0 Å². The van der Waals surface area contributed by atoms with E-state index in [1.165, 1.54) is 6.07 Å². The lowest BCUT2D eigenvalue weighted by atomic mass is 9.93. The van der Waals surface area contributed by atoms with E-state index in [-0.39, 0.29) is 34.9 Å². The number of ether oxygens (including phenoxy) is 3. The molecular formula is C19H28ClN3O5. The molecular weight excluding hydrogens is 386 g/mol. The molecule has 0 spiro atoms. The first-order valence-corrected chi connectivity index (χ1v) is 10.0. The van der Waals surface area contributed by atoms with E-state index in [0.717, 1.165) is 32.5 Å². The second-order valence-electron chi connectivity index (χ2n) is 7.12. The molecule has 2 atom stereocenters. The van der Waals surface area contributed by atoms with Crippen LogP contribution in [0.5, 0.6) is 11.5 Å². The number of piperidine rings is 1. The number of hydrogen-bond acceptors (Lipinski definition) is 7. The van der Waals surface area contributed by atoms with Gasteiger partial charge in [0.25, 0.3) is 5.91 Å². The number of carbonyl (C=O) groups is 1. The molecule has 2 unspecified atom stereocenters. The van der Waals surface area contributed by atoms with Gasteiger partial charge >= 0.3 is 0 Å². The van der Waals surface area contributed by atoms with E-state index in [1.54, 1.807) is 0 Å². The zero-order valence-corrected chi connectivity index (χ0v) is 16.8. The molecule has 1 aromatic rings. The van der Waals surface area contributed by atoms with Crippen molar-refractivity contribution in [1.82, 2.24) is 10.2 Å². The number of nitrogens with two attached hydrogens (primary N) is 1. The third-order valence-electron chi connectivity index (χ3n) is 5.11. The summed E-state index contributed by atoms with van der Waals surface area (Å²) in [5.74, 6) is 0.274. The molecule has 2 heterocycles. The van der Waals surface area contributed by atoms with Crippen LogP contribution in [-0.2, 0) is 4.74 Å². The van der Waals surface area contributed by atoms with Crippen molar-refractivity contribution in [3.8, 4) is 11.5 Å². The highest BCUT2D eigenvalue weighted by Crippen LogP contribution is 2.44. The van der Waals surface area contributed by atoms with Gasteiger partial charge in [0.05, 0.1) is 29.0 Å². The van der Waals surface area contributed by atoms with Crippen molar-refractivity contribution in [3.63, 3.8) is 0 Å². The van der Waals surface area contributed by atoms with Crippen LogP contribution in [0.4, 0.5) is 5.69 Å². The smallest absolute Gasteiger partial charge is 0.255 e. The minimum atomic E-state index is -0.500. The zero-order chi connectivity index (χ0) is 20.1. The number of aliphatic hydroxyl groups is 1. The molecule has 1 aromatic carbocycles. The predicted octanol–water partition coefficient (Wildman–Crippen LogP) is 1.49. The summed E-state index contributed by atoms with van der Waals surface area (Å²) >= 11 is 6.09. The molecule has 0 aliphatic carbocycles. The quantitative estimate of drug-likeness (QED) is 0.438. The standard InChI is InChI=1S/C19H28ClN3O5/c1-2-6-26-7-5-23-4-3-12(15(24)10-23)9-22-19(25)13-8-14(20)16(21)18-17(13)27-11-28-18/h8,12,15,24H,2-7,9-11,21H2,1H3,(H,22,25). The van der Waals surface area contributed by atoms with E-state index >= 15 is 0 Å². The molecule has 1 amide bonds. The molecule has 1 fully saturated rings. The third kappa shape index (κ3) is 4.81. The van der Waals surface area contributed by atoms with Gasteiger partial charge in [-0.05, 0) is 25.5 Å². The number of carbonyl (C=O) groups excluding carboxylic acids is 1. The SMILES string of the molecule is CCCOCCN1CCC(CNC(=O)c2cc(Cl)c(N)c3c2OCO3)C(O)C1. The molecule has 0 saturated carbocycles. The number of nitrogens with one attached hydrogen (secondary N) is 1. The van der Waals surface area contributed by atoms with Gasteiger partial charge in [-0.2, -0.15) is 0 Å². The Morgan fingerprint density at radius 3 is 2.96 bits per heavy atom. The van der Waals surface area contributed by atoms with Crippen molar-refractivity contribution in [2.24, 2.45) is 5.92 Å². The lowest BCUT2D eigenvalue weighted by molar-refractivity contribution is 0.00897. The topological polar surface area (TPSA) is 106 Å². The summed E-state index contributed by atoms with van der Waals surface area (Å²) in [6, 6.07) is 1.48. The minimum absolute atomic E-state index is 0.000695. The average Bonchev–Trinajstić information content (AvgIpc) is 3.17. The van der Waals surface area contributed by atoms with E-state index < -0.39 is 6.10 Å². The normalized spacial score (nSPS) is 21.7. The summed E-state index contributed by atoms with van der Waals surface area (Å²) in [4.78, 5) is 14.8. The lowest BCUT2D eigenvalue weighted by Gasteiger charge is -2.35. The highest BCUT2D eigenvalue weighted by atomic mass is 35.5. The molecule has 2 aliphatic rings. The van der Waals surface area contributed by atoms with Gasteiger partial charge in [-0.1, -0.05) is 18.5 Å². The third-order valence-corrected chi connectivity index (χ3v) is 5.42. The molecule has 8 nitrogen and oxygen atoms in total. The molecule has 4 N–H and O–H groups in total. The van der Waals surface area contributed by atoms with Crippen LogP contribution in [0.3, 0.4) is 0 Å². The van der Waals surface area contributed by atoms with Crippen LogP contribution < -0.4 is 20.5 Å². The van der Waals surface area contributed by atoms with Crippen molar-refractivity contribution in [3.05, 3.63) is 16.7 Å². The number of nitrogens with zero attached hydrogens (tertiary/aromatic N) is 1. The second-order valence-corrected chi connectivity index (χ2v) is 7.53. The van der Waals surface area contributed by atoms with Crippen molar-refractivity contribution >= 4 is 23.2 Å². The number of aliphatic hydroxyl groups excluding tert-OH is 1. The van der Waals surface area contributed by atoms with Crippen LogP contribution in [0.1, 0.15) is 30.1 Å². The lowest BCUT2D eigenvalue weighted by Crippen LogP contribution is -2.48. The monoisotopic (exact) mass is 413 g/mol. The summed E-state index contributed by atoms with van der Waals surface area (Å²) < 4.78 is 16.2. The Morgan fingerprint density at radius 2 is 2.21 bits per heavy atom. The van der Waals surface area contributed by atoms with E-state index in [0.29, 0.717) is 31.2 Å². The van der Waals surface area contributed by atoms with E-state index in [1.807, 2.05) is 0 Å². The summed E-state index contributed by atoms with van der Waals surface area (Å²) in [5, 5.41) is 13.6. The van der Waals surface area contributed by atoms with Crippen LogP contribution in [0, 0.1) is 5.92 Å². The van der Waals surface area contributed by atoms with E-state index in [9.17, 15) is 9.90 Å². The molecule has 3 rings (SSSR count). The maximum Gasteiger partial charge on any atom is 0.255 e. The summed E-state index contributed by atoms with van der Waals surface area (Å²) in [7, 11) is 0. The molecule has 9 heteroatoms.